The lowest BCUT2D eigenvalue weighted by molar-refractivity contribution is 0.266. The van der Waals surface area contributed by atoms with Gasteiger partial charge >= 0.3 is 0 Å². The quantitative estimate of drug-likeness (QED) is 0.597. The SMILES string of the molecule is NN1CCC[C@@H]1c1cnc(Cl)c(Cl)c1. The molecule has 3 nitrogen and oxygen atoms in total. The van der Waals surface area contributed by atoms with E-state index < -0.39 is 0 Å². The van der Waals surface area contributed by atoms with Crippen molar-refractivity contribution in [1.29, 1.82) is 0 Å². The predicted molar refractivity (Wildman–Crippen MR) is 57.1 cm³/mol. The molecule has 2 heterocycles. The molecule has 1 aliphatic heterocycles. The maximum absolute atomic E-state index is 5.89. The molecular formula is C9H11Cl2N3. The largest absolute Gasteiger partial charge is 0.268 e. The van der Waals surface area contributed by atoms with Crippen molar-refractivity contribution >= 4 is 23.2 Å². The van der Waals surface area contributed by atoms with Crippen LogP contribution in [0.4, 0.5) is 0 Å². The third kappa shape index (κ3) is 1.86. The van der Waals surface area contributed by atoms with Crippen LogP contribution in [0.15, 0.2) is 12.3 Å². The molecule has 1 atom stereocenters. The van der Waals surface area contributed by atoms with Crippen LogP contribution in [0.1, 0.15) is 24.4 Å². The van der Waals surface area contributed by atoms with Crippen LogP contribution in [-0.4, -0.2) is 16.5 Å². The van der Waals surface area contributed by atoms with E-state index in [2.05, 4.69) is 4.98 Å². The molecule has 1 saturated heterocycles. The maximum Gasteiger partial charge on any atom is 0.147 e. The second-order valence-corrected chi connectivity index (χ2v) is 4.20. The summed E-state index contributed by atoms with van der Waals surface area (Å²) in [5.41, 5.74) is 1.04. The van der Waals surface area contributed by atoms with Gasteiger partial charge < -0.3 is 0 Å². The fraction of sp³-hybridized carbons (Fsp3) is 0.444. The van der Waals surface area contributed by atoms with Gasteiger partial charge in [0.25, 0.3) is 0 Å². The summed E-state index contributed by atoms with van der Waals surface area (Å²) in [6, 6.07) is 2.07. The Morgan fingerprint density at radius 1 is 1.50 bits per heavy atom. The highest BCUT2D eigenvalue weighted by atomic mass is 35.5. The lowest BCUT2D eigenvalue weighted by Gasteiger charge is -2.19. The van der Waals surface area contributed by atoms with Crippen LogP contribution in [0, 0.1) is 0 Å². The van der Waals surface area contributed by atoms with Gasteiger partial charge in [-0.15, -0.1) is 0 Å². The topological polar surface area (TPSA) is 42.1 Å². The summed E-state index contributed by atoms with van der Waals surface area (Å²) >= 11 is 11.6. The average molecular weight is 232 g/mol. The number of hydrazine groups is 1. The molecule has 1 aromatic heterocycles. The Bertz CT molecular complexity index is 343. The van der Waals surface area contributed by atoms with Gasteiger partial charge in [-0.3, -0.25) is 5.84 Å². The second-order valence-electron chi connectivity index (χ2n) is 3.44. The lowest BCUT2D eigenvalue weighted by atomic mass is 10.1. The Balaban J connectivity index is 2.28. The first-order valence-electron chi connectivity index (χ1n) is 4.51. The van der Waals surface area contributed by atoms with Crippen LogP contribution in [0.3, 0.4) is 0 Å². The Hall–Kier alpha value is -0.350. The fourth-order valence-corrected chi connectivity index (χ4v) is 2.04. The van der Waals surface area contributed by atoms with Crippen LogP contribution in [0.2, 0.25) is 10.2 Å². The van der Waals surface area contributed by atoms with E-state index >= 15 is 0 Å². The van der Waals surface area contributed by atoms with Crippen molar-refractivity contribution in [2.24, 2.45) is 5.84 Å². The van der Waals surface area contributed by atoms with Gasteiger partial charge in [-0.05, 0) is 24.5 Å². The summed E-state index contributed by atoms with van der Waals surface area (Å²) in [6.07, 6.45) is 3.90. The Morgan fingerprint density at radius 2 is 2.29 bits per heavy atom. The normalized spacial score (nSPS) is 22.9. The summed E-state index contributed by atoms with van der Waals surface area (Å²) in [5.74, 6) is 5.83. The molecule has 5 heteroatoms. The number of halogens is 2. The van der Waals surface area contributed by atoms with Gasteiger partial charge in [0.1, 0.15) is 5.15 Å². The van der Waals surface area contributed by atoms with Crippen molar-refractivity contribution in [1.82, 2.24) is 9.99 Å². The molecule has 0 spiro atoms. The first kappa shape index (κ1) is 10.2. The third-order valence-electron chi connectivity index (χ3n) is 2.50. The average Bonchev–Trinajstić information content (AvgIpc) is 2.57. The zero-order chi connectivity index (χ0) is 10.1. The maximum atomic E-state index is 5.89. The zero-order valence-electron chi connectivity index (χ0n) is 7.58. The van der Waals surface area contributed by atoms with Crippen molar-refractivity contribution < 1.29 is 0 Å². The minimum Gasteiger partial charge on any atom is -0.268 e. The molecule has 1 aromatic rings. The molecule has 1 aliphatic rings. The molecule has 2 N–H and O–H groups in total. The van der Waals surface area contributed by atoms with Crippen LogP contribution in [-0.2, 0) is 0 Å². The number of nitrogens with zero attached hydrogens (tertiary/aromatic N) is 2. The van der Waals surface area contributed by atoms with Gasteiger partial charge in [0, 0.05) is 12.7 Å². The molecule has 0 amide bonds. The van der Waals surface area contributed by atoms with E-state index in [4.69, 9.17) is 29.0 Å². The monoisotopic (exact) mass is 231 g/mol. The van der Waals surface area contributed by atoms with E-state index in [9.17, 15) is 0 Å². The van der Waals surface area contributed by atoms with Gasteiger partial charge in [0.15, 0.2) is 0 Å². The summed E-state index contributed by atoms with van der Waals surface area (Å²) in [4.78, 5) is 4.01. The zero-order valence-corrected chi connectivity index (χ0v) is 9.09. The number of pyridine rings is 1. The molecule has 0 bridgehead atoms. The minimum absolute atomic E-state index is 0.234. The van der Waals surface area contributed by atoms with Gasteiger partial charge in [-0.1, -0.05) is 23.2 Å². The molecule has 1 fully saturated rings. The Kier molecular flexibility index (Phi) is 2.93. The first-order chi connectivity index (χ1) is 6.68. The van der Waals surface area contributed by atoms with E-state index in [1.807, 2.05) is 11.1 Å². The molecule has 0 unspecified atom stereocenters. The van der Waals surface area contributed by atoms with E-state index in [1.165, 1.54) is 0 Å². The standard InChI is InChI=1S/C9H11Cl2N3/c10-7-4-6(5-13-9(7)11)8-2-1-3-14(8)12/h4-5,8H,1-3,12H2/t8-/m1/s1. The van der Waals surface area contributed by atoms with Crippen molar-refractivity contribution in [3.63, 3.8) is 0 Å². The predicted octanol–water partition coefficient (Wildman–Crippen LogP) is 2.40. The van der Waals surface area contributed by atoms with E-state index in [1.54, 1.807) is 6.20 Å². The van der Waals surface area contributed by atoms with E-state index in [0.29, 0.717) is 10.2 Å². The smallest absolute Gasteiger partial charge is 0.147 e. The summed E-state index contributed by atoms with van der Waals surface area (Å²) in [7, 11) is 0. The highest BCUT2D eigenvalue weighted by Crippen LogP contribution is 2.31. The number of hydrogen-bond donors (Lipinski definition) is 1. The number of nitrogens with two attached hydrogens (primary N) is 1. The van der Waals surface area contributed by atoms with Gasteiger partial charge in [0.05, 0.1) is 11.1 Å². The molecule has 0 radical (unpaired) electrons. The molecule has 76 valence electrons. The molecule has 14 heavy (non-hydrogen) atoms. The van der Waals surface area contributed by atoms with Crippen LogP contribution in [0.5, 0.6) is 0 Å². The first-order valence-corrected chi connectivity index (χ1v) is 5.26. The number of hydrogen-bond acceptors (Lipinski definition) is 3. The Morgan fingerprint density at radius 3 is 2.86 bits per heavy atom. The number of rotatable bonds is 1. The molecular weight excluding hydrogens is 221 g/mol. The number of aromatic nitrogens is 1. The van der Waals surface area contributed by atoms with Crippen LogP contribution in [0.25, 0.3) is 0 Å². The van der Waals surface area contributed by atoms with Crippen molar-refractivity contribution in [2.75, 3.05) is 6.54 Å². The van der Waals surface area contributed by atoms with E-state index in [0.717, 1.165) is 24.9 Å². The minimum atomic E-state index is 0.234. The summed E-state index contributed by atoms with van der Waals surface area (Å²) in [6.45, 7) is 0.922. The van der Waals surface area contributed by atoms with Crippen LogP contribution >= 0.6 is 23.2 Å². The molecule has 0 aliphatic carbocycles. The Labute approximate surface area is 92.8 Å². The van der Waals surface area contributed by atoms with Gasteiger partial charge in [0.2, 0.25) is 0 Å². The van der Waals surface area contributed by atoms with E-state index in [-0.39, 0.29) is 6.04 Å². The highest BCUT2D eigenvalue weighted by molar-refractivity contribution is 6.41. The lowest BCUT2D eigenvalue weighted by Crippen LogP contribution is -2.30. The summed E-state index contributed by atoms with van der Waals surface area (Å²) < 4.78 is 0. The van der Waals surface area contributed by atoms with Crippen molar-refractivity contribution in [3.05, 3.63) is 28.0 Å². The fourth-order valence-electron chi connectivity index (χ4n) is 1.77. The van der Waals surface area contributed by atoms with Crippen molar-refractivity contribution in [2.45, 2.75) is 18.9 Å². The molecule has 0 aromatic carbocycles. The molecule has 2 rings (SSSR count). The highest BCUT2D eigenvalue weighted by Gasteiger charge is 2.23. The van der Waals surface area contributed by atoms with Gasteiger partial charge in [-0.25, -0.2) is 9.99 Å². The molecule has 0 saturated carbocycles. The van der Waals surface area contributed by atoms with Crippen molar-refractivity contribution in [3.8, 4) is 0 Å². The summed E-state index contributed by atoms with van der Waals surface area (Å²) in [5, 5.41) is 2.66. The third-order valence-corrected chi connectivity index (χ3v) is 3.18. The van der Waals surface area contributed by atoms with Crippen LogP contribution < -0.4 is 5.84 Å². The van der Waals surface area contributed by atoms with Gasteiger partial charge in [-0.2, -0.15) is 0 Å². The second kappa shape index (κ2) is 4.03.